The fourth-order valence-electron chi connectivity index (χ4n) is 1.95. The average Bonchev–Trinajstić information content (AvgIpc) is 2.42. The molecule has 2 amide bonds. The first-order valence-electron chi connectivity index (χ1n) is 6.70. The van der Waals surface area contributed by atoms with Crippen molar-refractivity contribution in [2.24, 2.45) is 0 Å². The number of carbonyl (C=O) groups is 2. The van der Waals surface area contributed by atoms with Crippen molar-refractivity contribution in [1.82, 2.24) is 9.80 Å². The highest BCUT2D eigenvalue weighted by molar-refractivity contribution is 5.96. The van der Waals surface area contributed by atoms with Gasteiger partial charge in [-0.15, -0.1) is 0 Å². The Morgan fingerprint density at radius 2 is 1.80 bits per heavy atom. The van der Waals surface area contributed by atoms with Gasteiger partial charge >= 0.3 is 0 Å². The second kappa shape index (κ2) is 7.03. The standard InChI is InChI=1S/C15H21FN2O2/c1-5-18(6-2)14(19)10-17(4)15(20)12-7-8-13(16)11(3)9-12/h7-9H,5-6,10H2,1-4H3. The number of hydrogen-bond donors (Lipinski definition) is 0. The Kier molecular flexibility index (Phi) is 5.67. The van der Waals surface area contributed by atoms with Crippen molar-refractivity contribution < 1.29 is 14.0 Å². The van der Waals surface area contributed by atoms with Gasteiger partial charge in [0.25, 0.3) is 5.91 Å². The summed E-state index contributed by atoms with van der Waals surface area (Å²) in [7, 11) is 1.57. The van der Waals surface area contributed by atoms with Crippen LogP contribution in [-0.2, 0) is 4.79 Å². The monoisotopic (exact) mass is 280 g/mol. The molecule has 0 heterocycles. The molecule has 0 aromatic heterocycles. The number of likely N-dealkylation sites (N-methyl/N-ethyl adjacent to an activating group) is 2. The zero-order chi connectivity index (χ0) is 15.3. The van der Waals surface area contributed by atoms with Crippen molar-refractivity contribution in [1.29, 1.82) is 0 Å². The van der Waals surface area contributed by atoms with Gasteiger partial charge in [0, 0.05) is 25.7 Å². The van der Waals surface area contributed by atoms with Gasteiger partial charge < -0.3 is 9.80 Å². The van der Waals surface area contributed by atoms with Crippen molar-refractivity contribution in [2.45, 2.75) is 20.8 Å². The molecule has 0 saturated carbocycles. The van der Waals surface area contributed by atoms with E-state index >= 15 is 0 Å². The number of aryl methyl sites for hydroxylation is 1. The Hall–Kier alpha value is -1.91. The summed E-state index contributed by atoms with van der Waals surface area (Å²) in [6.07, 6.45) is 0. The third-order valence-electron chi connectivity index (χ3n) is 3.24. The fraction of sp³-hybridized carbons (Fsp3) is 0.467. The van der Waals surface area contributed by atoms with Gasteiger partial charge in [-0.2, -0.15) is 0 Å². The van der Waals surface area contributed by atoms with Crippen LogP contribution in [0.25, 0.3) is 0 Å². The van der Waals surface area contributed by atoms with E-state index in [1.807, 2.05) is 13.8 Å². The summed E-state index contributed by atoms with van der Waals surface area (Å²) in [6.45, 7) is 6.66. The molecule has 1 aromatic carbocycles. The van der Waals surface area contributed by atoms with Crippen LogP contribution in [0.15, 0.2) is 18.2 Å². The first kappa shape index (κ1) is 16.1. The van der Waals surface area contributed by atoms with Crippen molar-refractivity contribution in [2.75, 3.05) is 26.7 Å². The summed E-state index contributed by atoms with van der Waals surface area (Å²) < 4.78 is 13.2. The molecule has 4 nitrogen and oxygen atoms in total. The van der Waals surface area contributed by atoms with E-state index in [9.17, 15) is 14.0 Å². The number of benzene rings is 1. The van der Waals surface area contributed by atoms with Crippen LogP contribution in [0.1, 0.15) is 29.8 Å². The predicted molar refractivity (Wildman–Crippen MR) is 76.0 cm³/mol. The minimum Gasteiger partial charge on any atom is -0.342 e. The first-order chi connectivity index (χ1) is 9.40. The molecule has 0 bridgehead atoms. The van der Waals surface area contributed by atoms with Crippen molar-refractivity contribution >= 4 is 11.8 Å². The summed E-state index contributed by atoms with van der Waals surface area (Å²) in [6, 6.07) is 4.20. The van der Waals surface area contributed by atoms with Crippen molar-refractivity contribution in [3.8, 4) is 0 Å². The molecular weight excluding hydrogens is 259 g/mol. The number of carbonyl (C=O) groups excluding carboxylic acids is 2. The van der Waals surface area contributed by atoms with E-state index in [1.54, 1.807) is 18.9 Å². The van der Waals surface area contributed by atoms with E-state index in [0.29, 0.717) is 24.2 Å². The highest BCUT2D eigenvalue weighted by atomic mass is 19.1. The van der Waals surface area contributed by atoms with Crippen LogP contribution in [0.2, 0.25) is 0 Å². The Morgan fingerprint density at radius 1 is 1.20 bits per heavy atom. The van der Waals surface area contributed by atoms with Gasteiger partial charge in [0.1, 0.15) is 5.82 Å². The lowest BCUT2D eigenvalue weighted by molar-refractivity contribution is -0.131. The maximum absolute atomic E-state index is 13.2. The predicted octanol–water partition coefficient (Wildman–Crippen LogP) is 2.07. The highest BCUT2D eigenvalue weighted by Gasteiger charge is 2.18. The van der Waals surface area contributed by atoms with Gasteiger partial charge in [0.05, 0.1) is 6.54 Å². The molecule has 0 N–H and O–H groups in total. The molecule has 0 radical (unpaired) electrons. The van der Waals surface area contributed by atoms with E-state index < -0.39 is 0 Å². The van der Waals surface area contributed by atoms with Crippen LogP contribution in [0.3, 0.4) is 0 Å². The number of rotatable bonds is 5. The molecule has 0 saturated heterocycles. The van der Waals surface area contributed by atoms with E-state index in [0.717, 1.165) is 0 Å². The van der Waals surface area contributed by atoms with Gasteiger partial charge in [-0.05, 0) is 44.5 Å². The molecule has 110 valence electrons. The molecular formula is C15H21FN2O2. The molecule has 0 aliphatic heterocycles. The van der Waals surface area contributed by atoms with Crippen LogP contribution >= 0.6 is 0 Å². The topological polar surface area (TPSA) is 40.6 Å². The second-order valence-electron chi connectivity index (χ2n) is 4.69. The minimum absolute atomic E-state index is 0.0247. The summed E-state index contributed by atoms with van der Waals surface area (Å²) in [5, 5.41) is 0. The zero-order valence-corrected chi connectivity index (χ0v) is 12.4. The third-order valence-corrected chi connectivity index (χ3v) is 3.24. The van der Waals surface area contributed by atoms with Gasteiger partial charge in [-0.3, -0.25) is 9.59 Å². The van der Waals surface area contributed by atoms with Crippen molar-refractivity contribution in [3.05, 3.63) is 35.1 Å². The Balaban J connectivity index is 2.76. The molecule has 1 aromatic rings. The summed E-state index contributed by atoms with van der Waals surface area (Å²) >= 11 is 0. The molecule has 5 heteroatoms. The molecule has 0 unspecified atom stereocenters. The van der Waals surface area contributed by atoms with Crippen molar-refractivity contribution in [3.63, 3.8) is 0 Å². The lowest BCUT2D eigenvalue weighted by Crippen LogP contribution is -2.41. The van der Waals surface area contributed by atoms with Crippen LogP contribution < -0.4 is 0 Å². The van der Waals surface area contributed by atoms with Crippen LogP contribution in [0, 0.1) is 12.7 Å². The van der Waals surface area contributed by atoms with E-state index in [2.05, 4.69) is 0 Å². The molecule has 0 fully saturated rings. The zero-order valence-electron chi connectivity index (χ0n) is 12.4. The quantitative estimate of drug-likeness (QED) is 0.828. The molecule has 1 rings (SSSR count). The normalized spacial score (nSPS) is 10.2. The van der Waals surface area contributed by atoms with Gasteiger partial charge in [0.2, 0.25) is 5.91 Å². The smallest absolute Gasteiger partial charge is 0.254 e. The summed E-state index contributed by atoms with van der Waals surface area (Å²) in [4.78, 5) is 27.1. The largest absolute Gasteiger partial charge is 0.342 e. The lowest BCUT2D eigenvalue weighted by Gasteiger charge is -2.23. The Bertz CT molecular complexity index is 499. The van der Waals surface area contributed by atoms with Crippen LogP contribution in [0.4, 0.5) is 4.39 Å². The Morgan fingerprint density at radius 3 is 2.30 bits per heavy atom. The molecule has 20 heavy (non-hydrogen) atoms. The van der Waals surface area contributed by atoms with Crippen LogP contribution in [0.5, 0.6) is 0 Å². The van der Waals surface area contributed by atoms with E-state index in [4.69, 9.17) is 0 Å². The fourth-order valence-corrected chi connectivity index (χ4v) is 1.95. The van der Waals surface area contributed by atoms with E-state index in [-0.39, 0.29) is 24.2 Å². The average molecular weight is 280 g/mol. The second-order valence-corrected chi connectivity index (χ2v) is 4.69. The summed E-state index contributed by atoms with van der Waals surface area (Å²) in [5.41, 5.74) is 0.804. The minimum atomic E-state index is -0.344. The molecule has 0 aliphatic rings. The maximum Gasteiger partial charge on any atom is 0.254 e. The molecule has 0 atom stereocenters. The third kappa shape index (κ3) is 3.79. The van der Waals surface area contributed by atoms with E-state index in [1.165, 1.54) is 23.1 Å². The van der Waals surface area contributed by atoms with Gasteiger partial charge in [0.15, 0.2) is 0 Å². The Labute approximate surface area is 119 Å². The number of halogens is 1. The van der Waals surface area contributed by atoms with Gasteiger partial charge in [-0.1, -0.05) is 0 Å². The number of nitrogens with zero attached hydrogens (tertiary/aromatic N) is 2. The van der Waals surface area contributed by atoms with Crippen LogP contribution in [-0.4, -0.2) is 48.3 Å². The number of amides is 2. The molecule has 0 aliphatic carbocycles. The maximum atomic E-state index is 13.2. The number of hydrogen-bond acceptors (Lipinski definition) is 2. The molecule has 0 spiro atoms. The lowest BCUT2D eigenvalue weighted by atomic mass is 10.1. The highest BCUT2D eigenvalue weighted by Crippen LogP contribution is 2.11. The SMILES string of the molecule is CCN(CC)C(=O)CN(C)C(=O)c1ccc(F)c(C)c1. The summed E-state index contributed by atoms with van der Waals surface area (Å²) in [5.74, 6) is -0.721. The van der Waals surface area contributed by atoms with Gasteiger partial charge in [-0.25, -0.2) is 4.39 Å². The first-order valence-corrected chi connectivity index (χ1v) is 6.70.